The first kappa shape index (κ1) is 32.1. The average molecular weight is 566 g/mol. The van der Waals surface area contributed by atoms with Crippen molar-refractivity contribution in [2.75, 3.05) is 25.6 Å². The molecular weight excluding hydrogens is 524 g/mol. The summed E-state index contributed by atoms with van der Waals surface area (Å²) in [7, 11) is -1.70. The van der Waals surface area contributed by atoms with Crippen LogP contribution in [0.5, 0.6) is 0 Å². The van der Waals surface area contributed by atoms with Crippen molar-refractivity contribution in [1.29, 1.82) is 0 Å². The molecule has 0 aliphatic carbocycles. The quantitative estimate of drug-likeness (QED) is 0.251. The maximum atomic E-state index is 16.1. The number of aromatic amines is 1. The van der Waals surface area contributed by atoms with Crippen LogP contribution in [0.15, 0.2) is 21.9 Å². The number of carbonyl (C=O) groups excluding carboxylic acids is 1. The van der Waals surface area contributed by atoms with Gasteiger partial charge in [0.2, 0.25) is 0 Å². The summed E-state index contributed by atoms with van der Waals surface area (Å²) >= 11 is 1.24. The number of alkyl halides is 1. The highest BCUT2D eigenvalue weighted by Crippen LogP contribution is 2.51. The number of ether oxygens (including phenoxy) is 2. The number of aromatic nitrogens is 2. The number of thioether (sulfide) groups is 1. The molecule has 0 amide bonds. The summed E-state index contributed by atoms with van der Waals surface area (Å²) in [5.74, 6) is 0.575. The smallest absolute Gasteiger partial charge is 0.330 e. The Bertz CT molecular complexity index is 970. The van der Waals surface area contributed by atoms with E-state index in [9.17, 15) is 14.4 Å². The Morgan fingerprint density at radius 2 is 1.92 bits per heavy atom. The number of nitrogens with one attached hydrogen (secondary N) is 1. The fraction of sp³-hybridized carbons (Fsp3) is 0.792. The van der Waals surface area contributed by atoms with Crippen LogP contribution in [0, 0.1) is 0 Å². The van der Waals surface area contributed by atoms with Crippen molar-refractivity contribution in [3.63, 3.8) is 0 Å². The predicted molar refractivity (Wildman–Crippen MR) is 143 cm³/mol. The lowest BCUT2D eigenvalue weighted by molar-refractivity contribution is -0.113. The van der Waals surface area contributed by atoms with E-state index in [4.69, 9.17) is 18.5 Å². The molecule has 2 heterocycles. The summed E-state index contributed by atoms with van der Waals surface area (Å²) in [5, 5.41) is 0.127. The third-order valence-electron chi connectivity index (χ3n) is 5.93. The molecule has 212 valence electrons. The normalized spacial score (nSPS) is 24.9. The van der Waals surface area contributed by atoms with E-state index >= 15 is 4.39 Å². The van der Waals surface area contributed by atoms with E-state index in [0.29, 0.717) is 31.8 Å². The Morgan fingerprint density at radius 3 is 2.49 bits per heavy atom. The van der Waals surface area contributed by atoms with Crippen LogP contribution in [-0.2, 0) is 29.0 Å². The van der Waals surface area contributed by atoms with E-state index in [1.165, 1.54) is 24.9 Å². The third-order valence-corrected chi connectivity index (χ3v) is 9.04. The van der Waals surface area contributed by atoms with Gasteiger partial charge in [-0.3, -0.25) is 19.1 Å². The Kier molecular flexibility index (Phi) is 12.9. The maximum absolute atomic E-state index is 16.1. The van der Waals surface area contributed by atoms with Crippen LogP contribution in [0.3, 0.4) is 0 Å². The number of hydrogen-bond donors (Lipinski definition) is 1. The molecule has 0 spiro atoms. The lowest BCUT2D eigenvalue weighted by atomic mass is 10.0. The summed E-state index contributed by atoms with van der Waals surface area (Å²) in [6, 6.07) is 1.26. The largest absolute Gasteiger partial charge is 0.378 e. The molecule has 0 aromatic carbocycles. The van der Waals surface area contributed by atoms with Gasteiger partial charge < -0.3 is 18.5 Å². The van der Waals surface area contributed by atoms with Gasteiger partial charge in [-0.05, 0) is 41.0 Å². The molecule has 1 aliphatic heterocycles. The van der Waals surface area contributed by atoms with Crippen molar-refractivity contribution in [3.05, 3.63) is 33.1 Å². The fourth-order valence-electron chi connectivity index (χ4n) is 4.15. The highest BCUT2D eigenvalue weighted by atomic mass is 32.2. The van der Waals surface area contributed by atoms with Crippen LogP contribution in [0.1, 0.15) is 61.3 Å². The topological polar surface area (TPSA) is 112 Å². The van der Waals surface area contributed by atoms with Crippen molar-refractivity contribution >= 4 is 25.4 Å². The summed E-state index contributed by atoms with van der Waals surface area (Å²) in [5.41, 5.74) is -2.99. The molecular formula is C24H41FN3O7PS. The van der Waals surface area contributed by atoms with E-state index in [-0.39, 0.29) is 23.8 Å². The molecule has 0 bridgehead atoms. The summed E-state index contributed by atoms with van der Waals surface area (Å²) in [6.45, 7) is 14.2. The Hall–Kier alpha value is -1.14. The van der Waals surface area contributed by atoms with Crippen LogP contribution in [0.2, 0.25) is 0 Å². The zero-order chi connectivity index (χ0) is 27.8. The molecule has 37 heavy (non-hydrogen) atoms. The van der Waals surface area contributed by atoms with Crippen LogP contribution < -0.4 is 11.2 Å². The molecule has 2 unspecified atom stereocenters. The van der Waals surface area contributed by atoms with Gasteiger partial charge in [-0.25, -0.2) is 13.9 Å². The van der Waals surface area contributed by atoms with Gasteiger partial charge in [-0.1, -0.05) is 25.6 Å². The second kappa shape index (κ2) is 14.9. The van der Waals surface area contributed by atoms with Gasteiger partial charge in [-0.15, -0.1) is 0 Å². The minimum atomic E-state index is -1.71. The molecule has 1 aliphatic rings. The monoisotopic (exact) mass is 565 g/mol. The minimum absolute atomic E-state index is 0.0529. The highest BCUT2D eigenvalue weighted by molar-refractivity contribution is 8.13. The van der Waals surface area contributed by atoms with E-state index in [2.05, 4.69) is 4.98 Å². The van der Waals surface area contributed by atoms with E-state index in [0.717, 1.165) is 10.6 Å². The number of H-pyrrole nitrogens is 1. The SMILES string of the molecule is CCC(=O)SCCOCCOP(OC1[C@@H](CC)O[C@](C)(n2ccc(=O)[nH]c2=O)[C@H]1F)N(C(C)C)C(C)C. The predicted octanol–water partition coefficient (Wildman–Crippen LogP) is 3.79. The van der Waals surface area contributed by atoms with Gasteiger partial charge in [0.1, 0.15) is 6.10 Å². The van der Waals surface area contributed by atoms with Crippen LogP contribution in [-0.4, -0.2) is 75.4 Å². The standard InChI is InChI=1S/C24H41FN3O7PS/c1-8-18-21(22(25)24(7,34-18)27-11-10-19(29)26-23(27)31)35-36(28(16(3)4)17(5)6)33-13-12-32-14-15-37-20(30)9-2/h10-11,16-18,21-22H,8-9,12-15H2,1-7H3,(H,26,29,31)/t18-,21?,22+,24+,36?/m1/s1. The molecule has 0 radical (unpaired) electrons. The van der Waals surface area contributed by atoms with Crippen molar-refractivity contribution in [2.45, 2.75) is 97.5 Å². The molecule has 1 N–H and O–H groups in total. The van der Waals surface area contributed by atoms with E-state index in [1.807, 2.05) is 46.2 Å². The zero-order valence-corrected chi connectivity index (χ0v) is 24.5. The number of nitrogens with zero attached hydrogens (tertiary/aromatic N) is 2. The first-order chi connectivity index (χ1) is 17.5. The minimum Gasteiger partial charge on any atom is -0.378 e. The highest BCUT2D eigenvalue weighted by Gasteiger charge is 2.56. The fourth-order valence-corrected chi connectivity index (χ4v) is 6.52. The zero-order valence-electron chi connectivity index (χ0n) is 22.8. The molecule has 13 heteroatoms. The van der Waals surface area contributed by atoms with Crippen LogP contribution in [0.4, 0.5) is 4.39 Å². The number of hydrogen-bond acceptors (Lipinski definition) is 9. The van der Waals surface area contributed by atoms with Gasteiger partial charge in [0, 0.05) is 36.5 Å². The Labute approximate surface area is 223 Å². The van der Waals surface area contributed by atoms with Crippen molar-refractivity contribution in [1.82, 2.24) is 14.2 Å². The molecule has 1 aromatic heterocycles. The van der Waals surface area contributed by atoms with Gasteiger partial charge >= 0.3 is 5.69 Å². The summed E-state index contributed by atoms with van der Waals surface area (Å²) in [4.78, 5) is 37.5. The second-order valence-electron chi connectivity index (χ2n) is 9.40. The number of halogens is 1. The molecule has 1 aromatic rings. The lowest BCUT2D eigenvalue weighted by Gasteiger charge is -2.37. The number of carbonyl (C=O) groups is 1. The molecule has 1 fully saturated rings. The average Bonchev–Trinajstić information content (AvgIpc) is 3.07. The Morgan fingerprint density at radius 1 is 1.24 bits per heavy atom. The van der Waals surface area contributed by atoms with Gasteiger partial charge in [-0.2, -0.15) is 0 Å². The van der Waals surface area contributed by atoms with Gasteiger partial charge in [0.25, 0.3) is 14.1 Å². The molecule has 5 atom stereocenters. The molecule has 10 nitrogen and oxygen atoms in total. The number of rotatable bonds is 15. The lowest BCUT2D eigenvalue weighted by Crippen LogP contribution is -2.48. The maximum Gasteiger partial charge on any atom is 0.330 e. The summed E-state index contributed by atoms with van der Waals surface area (Å²) in [6.07, 6.45) is -1.18. The molecule has 2 rings (SSSR count). The summed E-state index contributed by atoms with van der Waals surface area (Å²) < 4.78 is 43.3. The van der Waals surface area contributed by atoms with E-state index < -0.39 is 43.9 Å². The molecule has 1 saturated heterocycles. The second-order valence-corrected chi connectivity index (χ2v) is 12.0. The molecule has 0 saturated carbocycles. The van der Waals surface area contributed by atoms with Crippen molar-refractivity contribution < 1.29 is 27.7 Å². The first-order valence-electron chi connectivity index (χ1n) is 12.7. The van der Waals surface area contributed by atoms with Crippen molar-refractivity contribution in [2.24, 2.45) is 0 Å². The first-order valence-corrected chi connectivity index (χ1v) is 14.8. The van der Waals surface area contributed by atoms with Gasteiger partial charge in [0.15, 0.2) is 17.0 Å². The third kappa shape index (κ3) is 8.42. The van der Waals surface area contributed by atoms with Gasteiger partial charge in [0.05, 0.1) is 25.9 Å². The Balaban J connectivity index is 2.16. The van der Waals surface area contributed by atoms with Crippen molar-refractivity contribution in [3.8, 4) is 0 Å². The van der Waals surface area contributed by atoms with E-state index in [1.54, 1.807) is 0 Å². The van der Waals surface area contributed by atoms with Crippen LogP contribution in [0.25, 0.3) is 0 Å². The van der Waals surface area contributed by atoms with Crippen LogP contribution >= 0.6 is 20.3 Å².